The molecule has 5 heteroatoms. The van der Waals surface area contributed by atoms with Crippen LogP contribution in [0.1, 0.15) is 48.0 Å². The Bertz CT molecular complexity index is 566. The van der Waals surface area contributed by atoms with E-state index in [4.69, 9.17) is 4.74 Å². The Morgan fingerprint density at radius 3 is 2.76 bits per heavy atom. The van der Waals surface area contributed by atoms with Crippen LogP contribution in [0.25, 0.3) is 0 Å². The highest BCUT2D eigenvalue weighted by Gasteiger charge is 2.61. The van der Waals surface area contributed by atoms with Crippen LogP contribution in [-0.2, 0) is 9.53 Å². The van der Waals surface area contributed by atoms with Crippen molar-refractivity contribution in [3.63, 3.8) is 0 Å². The topological polar surface area (TPSA) is 41.6 Å². The monoisotopic (exact) mass is 306 g/mol. The maximum absolute atomic E-state index is 12.9. The average Bonchev–Trinajstić information content (AvgIpc) is 2.83. The Labute approximate surface area is 129 Å². The fourth-order valence-electron chi connectivity index (χ4n) is 3.81. The smallest absolute Gasteiger partial charge is 0.244 e. The largest absolute Gasteiger partial charge is 0.381 e. The Kier molecular flexibility index (Phi) is 3.14. The molecule has 1 aliphatic heterocycles. The normalized spacial score (nSPS) is 34.1. The van der Waals surface area contributed by atoms with Gasteiger partial charge in [0.05, 0.1) is 6.10 Å². The summed E-state index contributed by atoms with van der Waals surface area (Å²) in [7, 11) is 1.78. The molecule has 0 radical (unpaired) electrons. The first-order valence-corrected chi connectivity index (χ1v) is 8.64. The standard InChI is InChI=1S/C16H22N2O2S/c1-10-3-6-13(21-10)14-17-16(7-8-16)15(19)18(14)11-4-5-12(9-11)20-2/h3,6,11-12,14,17H,4-5,7-9H2,1-2H3. The van der Waals surface area contributed by atoms with Gasteiger partial charge in [0, 0.05) is 22.9 Å². The lowest BCUT2D eigenvalue weighted by molar-refractivity contribution is -0.133. The molecule has 0 bridgehead atoms. The quantitative estimate of drug-likeness (QED) is 0.933. The molecule has 0 aromatic carbocycles. The first kappa shape index (κ1) is 13.7. The zero-order valence-electron chi connectivity index (χ0n) is 12.6. The number of nitrogens with one attached hydrogen (secondary N) is 1. The highest BCUT2D eigenvalue weighted by atomic mass is 32.1. The van der Waals surface area contributed by atoms with Crippen LogP contribution in [0.3, 0.4) is 0 Å². The van der Waals surface area contributed by atoms with Gasteiger partial charge in [-0.1, -0.05) is 0 Å². The van der Waals surface area contributed by atoms with Crippen LogP contribution in [0.2, 0.25) is 0 Å². The SMILES string of the molecule is COC1CCC(N2C(=O)C3(CC3)NC2c2ccc(C)s2)C1. The van der Waals surface area contributed by atoms with Gasteiger partial charge >= 0.3 is 0 Å². The van der Waals surface area contributed by atoms with Crippen molar-refractivity contribution in [3.8, 4) is 0 Å². The Balaban J connectivity index is 1.63. The van der Waals surface area contributed by atoms with Crippen LogP contribution in [0.15, 0.2) is 12.1 Å². The molecule has 1 saturated heterocycles. The third-order valence-electron chi connectivity index (χ3n) is 5.20. The molecule has 3 unspecified atom stereocenters. The van der Waals surface area contributed by atoms with Gasteiger partial charge in [0.1, 0.15) is 11.7 Å². The van der Waals surface area contributed by atoms with Crippen LogP contribution in [0.4, 0.5) is 0 Å². The van der Waals surface area contributed by atoms with E-state index in [0.717, 1.165) is 32.1 Å². The second-order valence-electron chi connectivity index (χ2n) is 6.61. The Morgan fingerprint density at radius 2 is 2.19 bits per heavy atom. The van der Waals surface area contributed by atoms with E-state index in [1.165, 1.54) is 9.75 Å². The van der Waals surface area contributed by atoms with E-state index < -0.39 is 0 Å². The van der Waals surface area contributed by atoms with Crippen molar-refractivity contribution in [2.24, 2.45) is 0 Å². The highest BCUT2D eigenvalue weighted by Crippen LogP contribution is 2.49. The lowest BCUT2D eigenvalue weighted by atomic mass is 10.1. The number of methoxy groups -OCH3 is 1. The molecule has 2 saturated carbocycles. The van der Waals surface area contributed by atoms with Crippen molar-refractivity contribution in [1.29, 1.82) is 0 Å². The van der Waals surface area contributed by atoms with Gasteiger partial charge < -0.3 is 9.64 Å². The maximum Gasteiger partial charge on any atom is 0.244 e. The number of aryl methyl sites for hydroxylation is 1. The number of amides is 1. The van der Waals surface area contributed by atoms with Crippen LogP contribution < -0.4 is 5.32 Å². The fourth-order valence-corrected chi connectivity index (χ4v) is 4.74. The second kappa shape index (κ2) is 4.80. The van der Waals surface area contributed by atoms with Gasteiger partial charge in [-0.25, -0.2) is 0 Å². The molecular formula is C16H22N2O2S. The first-order chi connectivity index (χ1) is 10.1. The highest BCUT2D eigenvalue weighted by molar-refractivity contribution is 7.12. The van der Waals surface area contributed by atoms with E-state index in [1.54, 1.807) is 18.4 Å². The number of nitrogens with zero attached hydrogens (tertiary/aromatic N) is 1. The minimum absolute atomic E-state index is 0.0688. The van der Waals surface area contributed by atoms with Crippen molar-refractivity contribution >= 4 is 17.2 Å². The summed E-state index contributed by atoms with van der Waals surface area (Å²) < 4.78 is 5.49. The summed E-state index contributed by atoms with van der Waals surface area (Å²) in [6.07, 6.45) is 5.45. The number of carbonyl (C=O) groups is 1. The van der Waals surface area contributed by atoms with Crippen molar-refractivity contribution in [3.05, 3.63) is 21.9 Å². The predicted molar refractivity (Wildman–Crippen MR) is 82.2 cm³/mol. The van der Waals surface area contributed by atoms with Crippen LogP contribution >= 0.6 is 11.3 Å². The summed E-state index contributed by atoms with van der Waals surface area (Å²) >= 11 is 1.80. The molecule has 1 spiro atoms. The Hall–Kier alpha value is -0.910. The minimum atomic E-state index is -0.242. The second-order valence-corrected chi connectivity index (χ2v) is 7.93. The number of rotatable bonds is 3. The molecule has 1 N–H and O–H groups in total. The van der Waals surface area contributed by atoms with Crippen molar-refractivity contribution in [2.75, 3.05) is 7.11 Å². The molecular weight excluding hydrogens is 284 g/mol. The summed E-state index contributed by atoms with van der Waals surface area (Å²) in [4.78, 5) is 17.6. The van der Waals surface area contributed by atoms with Gasteiger partial charge in [-0.3, -0.25) is 10.1 Å². The van der Waals surface area contributed by atoms with Crippen molar-refractivity contribution in [2.45, 2.75) is 62.9 Å². The van der Waals surface area contributed by atoms with Gasteiger partial charge in [-0.05, 0) is 51.2 Å². The van der Waals surface area contributed by atoms with E-state index in [9.17, 15) is 4.79 Å². The number of hydrogen-bond donors (Lipinski definition) is 1. The maximum atomic E-state index is 12.9. The van der Waals surface area contributed by atoms with Crippen LogP contribution in [-0.4, -0.2) is 35.6 Å². The molecule has 3 aliphatic rings. The third kappa shape index (κ3) is 2.14. The van der Waals surface area contributed by atoms with Crippen molar-refractivity contribution < 1.29 is 9.53 Å². The molecule has 21 heavy (non-hydrogen) atoms. The number of ether oxygens (including phenoxy) is 1. The van der Waals surface area contributed by atoms with Gasteiger partial charge in [-0.15, -0.1) is 11.3 Å². The zero-order chi connectivity index (χ0) is 14.6. The number of thiophene rings is 1. The lowest BCUT2D eigenvalue weighted by Crippen LogP contribution is -2.39. The molecule has 1 amide bonds. The summed E-state index contributed by atoms with van der Waals surface area (Å²) in [6, 6.07) is 4.64. The number of carbonyl (C=O) groups excluding carboxylic acids is 1. The molecule has 4 rings (SSSR count). The van der Waals surface area contributed by atoms with Gasteiger partial charge in [0.15, 0.2) is 0 Å². The van der Waals surface area contributed by atoms with E-state index in [1.807, 2.05) is 0 Å². The van der Waals surface area contributed by atoms with E-state index in [-0.39, 0.29) is 11.7 Å². The fraction of sp³-hybridized carbons (Fsp3) is 0.688. The summed E-state index contributed by atoms with van der Waals surface area (Å²) in [6.45, 7) is 2.12. The van der Waals surface area contributed by atoms with Gasteiger partial charge in [-0.2, -0.15) is 0 Å². The molecule has 4 nitrogen and oxygen atoms in total. The molecule has 1 aromatic rings. The molecule has 114 valence electrons. The number of hydrogen-bond acceptors (Lipinski definition) is 4. The van der Waals surface area contributed by atoms with Crippen molar-refractivity contribution in [1.82, 2.24) is 10.2 Å². The summed E-state index contributed by atoms with van der Waals surface area (Å²) in [5.74, 6) is 0.320. The predicted octanol–water partition coefficient (Wildman–Crippen LogP) is 2.59. The van der Waals surface area contributed by atoms with E-state index in [2.05, 4.69) is 29.3 Å². The van der Waals surface area contributed by atoms with Gasteiger partial charge in [0.2, 0.25) is 5.91 Å². The summed E-state index contributed by atoms with van der Waals surface area (Å²) in [5.41, 5.74) is -0.242. The Morgan fingerprint density at radius 1 is 1.38 bits per heavy atom. The zero-order valence-corrected chi connectivity index (χ0v) is 13.4. The van der Waals surface area contributed by atoms with Crippen LogP contribution in [0, 0.1) is 6.92 Å². The third-order valence-corrected chi connectivity index (χ3v) is 6.25. The molecule has 2 aliphatic carbocycles. The van der Waals surface area contributed by atoms with E-state index in [0.29, 0.717) is 18.1 Å². The first-order valence-electron chi connectivity index (χ1n) is 7.82. The molecule has 1 aromatic heterocycles. The molecule has 2 heterocycles. The molecule has 3 atom stereocenters. The van der Waals surface area contributed by atoms with Gasteiger partial charge in [0.25, 0.3) is 0 Å². The van der Waals surface area contributed by atoms with E-state index >= 15 is 0 Å². The summed E-state index contributed by atoms with van der Waals surface area (Å²) in [5, 5.41) is 3.63. The lowest BCUT2D eigenvalue weighted by Gasteiger charge is -2.29. The van der Waals surface area contributed by atoms with Crippen LogP contribution in [0.5, 0.6) is 0 Å². The molecule has 3 fully saturated rings. The average molecular weight is 306 g/mol. The minimum Gasteiger partial charge on any atom is -0.381 e.